The molecule has 3 nitrogen and oxygen atoms in total. The molecular formula is C24H24N2O. The molecule has 0 aliphatic carbocycles. The summed E-state index contributed by atoms with van der Waals surface area (Å²) in [5.41, 5.74) is 6.95. The Balaban J connectivity index is 1.65. The van der Waals surface area contributed by atoms with E-state index in [2.05, 4.69) is 86.0 Å². The van der Waals surface area contributed by atoms with Gasteiger partial charge in [-0.1, -0.05) is 53.6 Å². The van der Waals surface area contributed by atoms with Crippen molar-refractivity contribution in [3.63, 3.8) is 0 Å². The highest BCUT2D eigenvalue weighted by Crippen LogP contribution is 2.26. The van der Waals surface area contributed by atoms with Gasteiger partial charge >= 0.3 is 0 Å². The molecule has 0 unspecified atom stereocenters. The van der Waals surface area contributed by atoms with E-state index in [1.807, 2.05) is 6.07 Å². The van der Waals surface area contributed by atoms with E-state index in [4.69, 9.17) is 9.72 Å². The van der Waals surface area contributed by atoms with Gasteiger partial charge in [-0.2, -0.15) is 0 Å². The van der Waals surface area contributed by atoms with Crippen molar-refractivity contribution in [3.8, 4) is 17.1 Å². The number of hydrogen-bond acceptors (Lipinski definition) is 2. The lowest BCUT2D eigenvalue weighted by Gasteiger charge is -2.13. The van der Waals surface area contributed by atoms with Crippen molar-refractivity contribution in [1.29, 1.82) is 0 Å². The van der Waals surface area contributed by atoms with E-state index in [0.717, 1.165) is 34.7 Å². The van der Waals surface area contributed by atoms with Gasteiger partial charge in [-0.25, -0.2) is 4.98 Å². The van der Waals surface area contributed by atoms with Gasteiger partial charge < -0.3 is 9.30 Å². The number of aryl methyl sites for hydroxylation is 3. The lowest BCUT2D eigenvalue weighted by atomic mass is 10.1. The summed E-state index contributed by atoms with van der Waals surface area (Å²) in [5.74, 6) is 1.94. The molecule has 0 aliphatic heterocycles. The first kappa shape index (κ1) is 17.3. The monoisotopic (exact) mass is 356 g/mol. The molecule has 4 rings (SSSR count). The van der Waals surface area contributed by atoms with E-state index < -0.39 is 0 Å². The highest BCUT2D eigenvalue weighted by Gasteiger charge is 2.12. The van der Waals surface area contributed by atoms with Crippen LogP contribution in [0.5, 0.6) is 5.75 Å². The van der Waals surface area contributed by atoms with Crippen molar-refractivity contribution < 1.29 is 4.74 Å². The molecule has 0 atom stereocenters. The molecule has 1 aromatic heterocycles. The number of ether oxygens (including phenoxy) is 1. The first-order chi connectivity index (χ1) is 13.1. The van der Waals surface area contributed by atoms with Gasteiger partial charge in [0, 0.05) is 5.56 Å². The number of fused-ring (bicyclic) bond motifs is 1. The van der Waals surface area contributed by atoms with E-state index in [9.17, 15) is 0 Å². The lowest BCUT2D eigenvalue weighted by Crippen LogP contribution is -2.10. The second kappa shape index (κ2) is 7.28. The van der Waals surface area contributed by atoms with Gasteiger partial charge in [0.05, 0.1) is 17.6 Å². The lowest BCUT2D eigenvalue weighted by molar-refractivity contribution is 0.299. The number of para-hydroxylation sites is 2. The minimum absolute atomic E-state index is 0.600. The average Bonchev–Trinajstić information content (AvgIpc) is 3.02. The molecule has 0 N–H and O–H groups in total. The van der Waals surface area contributed by atoms with Crippen molar-refractivity contribution in [3.05, 3.63) is 83.4 Å². The number of nitrogens with zero attached hydrogens (tertiary/aromatic N) is 2. The number of aromatic nitrogens is 2. The van der Waals surface area contributed by atoms with E-state index in [1.54, 1.807) is 0 Å². The summed E-state index contributed by atoms with van der Waals surface area (Å²) >= 11 is 0. The molecule has 27 heavy (non-hydrogen) atoms. The minimum atomic E-state index is 0.600. The van der Waals surface area contributed by atoms with E-state index in [1.165, 1.54) is 16.7 Å². The minimum Gasteiger partial charge on any atom is -0.491 e. The zero-order valence-electron chi connectivity index (χ0n) is 16.1. The largest absolute Gasteiger partial charge is 0.491 e. The van der Waals surface area contributed by atoms with Crippen LogP contribution in [0.25, 0.3) is 22.4 Å². The zero-order chi connectivity index (χ0) is 18.8. The highest BCUT2D eigenvalue weighted by atomic mass is 16.5. The molecule has 0 aliphatic rings. The molecule has 136 valence electrons. The number of benzene rings is 3. The van der Waals surface area contributed by atoms with Gasteiger partial charge in [-0.05, 0) is 50.6 Å². The van der Waals surface area contributed by atoms with Crippen LogP contribution in [0, 0.1) is 20.8 Å². The molecular weight excluding hydrogens is 332 g/mol. The molecule has 0 amide bonds. The molecule has 0 fully saturated rings. The summed E-state index contributed by atoms with van der Waals surface area (Å²) in [6.07, 6.45) is 0. The van der Waals surface area contributed by atoms with Gasteiger partial charge in [-0.3, -0.25) is 0 Å². The van der Waals surface area contributed by atoms with Crippen LogP contribution in [0.2, 0.25) is 0 Å². The molecule has 0 saturated heterocycles. The molecule has 1 heterocycles. The fraction of sp³-hybridized carbons (Fsp3) is 0.208. The van der Waals surface area contributed by atoms with Crippen molar-refractivity contribution in [1.82, 2.24) is 9.55 Å². The maximum atomic E-state index is 6.08. The van der Waals surface area contributed by atoms with Crippen LogP contribution in [-0.4, -0.2) is 16.2 Å². The van der Waals surface area contributed by atoms with Gasteiger partial charge in [0.15, 0.2) is 0 Å². The Morgan fingerprint density at radius 3 is 2.48 bits per heavy atom. The van der Waals surface area contributed by atoms with Crippen LogP contribution in [0.4, 0.5) is 0 Å². The normalized spacial score (nSPS) is 11.1. The summed E-state index contributed by atoms with van der Waals surface area (Å²) in [6.45, 7) is 7.65. The third kappa shape index (κ3) is 3.59. The van der Waals surface area contributed by atoms with Crippen LogP contribution in [0.15, 0.2) is 66.7 Å². The predicted octanol–water partition coefficient (Wildman–Crippen LogP) is 5.71. The van der Waals surface area contributed by atoms with Gasteiger partial charge in [0.1, 0.15) is 18.2 Å². The SMILES string of the molecule is Cc1cccc(-c2nc3ccccc3n2CCOc2ccc(C)cc2C)c1. The van der Waals surface area contributed by atoms with Crippen LogP contribution >= 0.6 is 0 Å². The quantitative estimate of drug-likeness (QED) is 0.458. The van der Waals surface area contributed by atoms with Crippen LogP contribution in [0.3, 0.4) is 0 Å². The summed E-state index contributed by atoms with van der Waals surface area (Å²) in [4.78, 5) is 4.89. The van der Waals surface area contributed by atoms with Gasteiger partial charge in [0.2, 0.25) is 0 Å². The maximum absolute atomic E-state index is 6.08. The first-order valence-electron chi connectivity index (χ1n) is 9.34. The third-order valence-electron chi connectivity index (χ3n) is 4.83. The topological polar surface area (TPSA) is 27.1 Å². The molecule has 3 heteroatoms. The Morgan fingerprint density at radius 1 is 0.852 bits per heavy atom. The van der Waals surface area contributed by atoms with Crippen molar-refractivity contribution in [2.24, 2.45) is 0 Å². The summed E-state index contributed by atoms with van der Waals surface area (Å²) < 4.78 is 8.34. The molecule has 0 saturated carbocycles. The highest BCUT2D eigenvalue weighted by molar-refractivity contribution is 5.80. The van der Waals surface area contributed by atoms with Gasteiger partial charge in [-0.15, -0.1) is 0 Å². The average molecular weight is 356 g/mol. The Hall–Kier alpha value is -3.07. The summed E-state index contributed by atoms with van der Waals surface area (Å²) in [5, 5.41) is 0. The second-order valence-electron chi connectivity index (χ2n) is 7.06. The molecule has 0 bridgehead atoms. The molecule has 0 radical (unpaired) electrons. The molecule has 3 aromatic carbocycles. The molecule has 0 spiro atoms. The van der Waals surface area contributed by atoms with Crippen molar-refractivity contribution in [2.75, 3.05) is 6.61 Å². The number of hydrogen-bond donors (Lipinski definition) is 0. The standard InChI is InChI=1S/C24H24N2O/c1-17-7-6-8-20(16-17)24-25-21-9-4-5-10-22(21)26(24)13-14-27-23-12-11-18(2)15-19(23)3/h4-12,15-16H,13-14H2,1-3H3. The third-order valence-corrected chi connectivity index (χ3v) is 4.83. The zero-order valence-corrected chi connectivity index (χ0v) is 16.1. The number of imidazole rings is 1. The van der Waals surface area contributed by atoms with Crippen molar-refractivity contribution >= 4 is 11.0 Å². The number of rotatable bonds is 5. The first-order valence-corrected chi connectivity index (χ1v) is 9.34. The fourth-order valence-electron chi connectivity index (χ4n) is 3.51. The second-order valence-corrected chi connectivity index (χ2v) is 7.06. The Labute approximate surface area is 160 Å². The predicted molar refractivity (Wildman–Crippen MR) is 111 cm³/mol. The van der Waals surface area contributed by atoms with Gasteiger partial charge in [0.25, 0.3) is 0 Å². The summed E-state index contributed by atoms with van der Waals surface area (Å²) in [7, 11) is 0. The Morgan fingerprint density at radius 2 is 1.67 bits per heavy atom. The fourth-order valence-corrected chi connectivity index (χ4v) is 3.51. The van der Waals surface area contributed by atoms with E-state index >= 15 is 0 Å². The molecule has 4 aromatic rings. The Bertz CT molecular complexity index is 1090. The van der Waals surface area contributed by atoms with Crippen LogP contribution in [-0.2, 0) is 6.54 Å². The summed E-state index contributed by atoms with van der Waals surface area (Å²) in [6, 6.07) is 23.1. The smallest absolute Gasteiger partial charge is 0.141 e. The maximum Gasteiger partial charge on any atom is 0.141 e. The van der Waals surface area contributed by atoms with Crippen molar-refractivity contribution in [2.45, 2.75) is 27.3 Å². The van der Waals surface area contributed by atoms with Crippen LogP contribution < -0.4 is 4.74 Å². The van der Waals surface area contributed by atoms with E-state index in [0.29, 0.717) is 6.61 Å². The van der Waals surface area contributed by atoms with Crippen LogP contribution in [0.1, 0.15) is 16.7 Å². The Kier molecular flexibility index (Phi) is 4.68. The van der Waals surface area contributed by atoms with E-state index in [-0.39, 0.29) is 0 Å².